The number of hydrogen-bond acceptors (Lipinski definition) is 4. The molecule has 0 radical (unpaired) electrons. The Morgan fingerprint density at radius 2 is 2.12 bits per heavy atom. The van der Waals surface area contributed by atoms with E-state index in [0.717, 1.165) is 22.7 Å². The van der Waals surface area contributed by atoms with Gasteiger partial charge in [-0.1, -0.05) is 12.1 Å². The van der Waals surface area contributed by atoms with Crippen molar-refractivity contribution in [1.82, 2.24) is 29.2 Å². The van der Waals surface area contributed by atoms with E-state index >= 15 is 0 Å². The Kier molecular flexibility index (Phi) is 3.96. The minimum Gasteiger partial charge on any atom is -0.352 e. The zero-order valence-electron chi connectivity index (χ0n) is 13.4. The summed E-state index contributed by atoms with van der Waals surface area (Å²) < 4.78 is 3.73. The molecule has 4 heterocycles. The summed E-state index contributed by atoms with van der Waals surface area (Å²) in [5.74, 6) is 0.722. The lowest BCUT2D eigenvalue weighted by molar-refractivity contribution is -0.120. The van der Waals surface area contributed by atoms with Crippen molar-refractivity contribution in [3.63, 3.8) is 0 Å². The summed E-state index contributed by atoms with van der Waals surface area (Å²) >= 11 is 0. The van der Waals surface area contributed by atoms with Crippen molar-refractivity contribution in [2.45, 2.75) is 13.0 Å². The molecule has 7 nitrogen and oxygen atoms in total. The molecule has 7 heteroatoms. The van der Waals surface area contributed by atoms with E-state index < -0.39 is 0 Å². The number of aromatic nitrogens is 5. The minimum atomic E-state index is -0.0675. The van der Waals surface area contributed by atoms with Gasteiger partial charge in [0.25, 0.3) is 0 Å². The average Bonchev–Trinajstić information content (AvgIpc) is 3.29. The quantitative estimate of drug-likeness (QED) is 0.604. The van der Waals surface area contributed by atoms with Crippen LogP contribution in [0.5, 0.6) is 0 Å². The van der Waals surface area contributed by atoms with Gasteiger partial charge in [-0.25, -0.2) is 15.0 Å². The summed E-state index contributed by atoms with van der Waals surface area (Å²) in [6, 6.07) is 9.60. The monoisotopic (exact) mass is 332 g/mol. The first-order chi connectivity index (χ1) is 12.3. The topological polar surface area (TPSA) is 77.1 Å². The molecule has 1 amide bonds. The first-order valence-corrected chi connectivity index (χ1v) is 7.90. The summed E-state index contributed by atoms with van der Waals surface area (Å²) in [4.78, 5) is 24.9. The number of nitrogens with zero attached hydrogens (tertiary/aromatic N) is 5. The summed E-state index contributed by atoms with van der Waals surface area (Å²) in [5.41, 5.74) is 2.52. The summed E-state index contributed by atoms with van der Waals surface area (Å²) in [6.07, 6.45) is 11.0. The molecule has 0 fully saturated rings. The number of carbonyl (C=O) groups is 1. The van der Waals surface area contributed by atoms with E-state index in [1.165, 1.54) is 0 Å². The van der Waals surface area contributed by atoms with E-state index in [2.05, 4.69) is 20.3 Å². The van der Waals surface area contributed by atoms with Crippen molar-refractivity contribution in [3.8, 4) is 5.82 Å². The van der Waals surface area contributed by atoms with E-state index in [-0.39, 0.29) is 12.3 Å². The Morgan fingerprint density at radius 1 is 1.16 bits per heavy atom. The minimum absolute atomic E-state index is 0.0675. The molecule has 0 unspecified atom stereocenters. The van der Waals surface area contributed by atoms with Crippen LogP contribution < -0.4 is 5.32 Å². The van der Waals surface area contributed by atoms with Gasteiger partial charge in [0.05, 0.1) is 12.1 Å². The molecule has 0 bridgehead atoms. The van der Waals surface area contributed by atoms with Crippen molar-refractivity contribution >= 4 is 11.6 Å². The Morgan fingerprint density at radius 3 is 2.88 bits per heavy atom. The molecule has 0 aromatic carbocycles. The summed E-state index contributed by atoms with van der Waals surface area (Å²) in [6.45, 7) is 0.434. The van der Waals surface area contributed by atoms with Gasteiger partial charge in [0, 0.05) is 37.5 Å². The highest BCUT2D eigenvalue weighted by molar-refractivity contribution is 5.78. The molecular formula is C18H16N6O. The van der Waals surface area contributed by atoms with Crippen molar-refractivity contribution in [1.29, 1.82) is 0 Å². The number of rotatable bonds is 5. The number of nitrogens with one attached hydrogen (secondary N) is 1. The maximum atomic E-state index is 12.1. The molecule has 0 spiro atoms. The molecule has 4 rings (SSSR count). The summed E-state index contributed by atoms with van der Waals surface area (Å²) in [7, 11) is 0. The van der Waals surface area contributed by atoms with Crippen LogP contribution in [0.1, 0.15) is 11.3 Å². The van der Waals surface area contributed by atoms with E-state index in [1.54, 1.807) is 18.7 Å². The van der Waals surface area contributed by atoms with E-state index in [9.17, 15) is 4.79 Å². The predicted octanol–water partition coefficient (Wildman–Crippen LogP) is 1.77. The molecule has 0 aliphatic rings. The van der Waals surface area contributed by atoms with Crippen molar-refractivity contribution in [2.75, 3.05) is 0 Å². The first kappa shape index (κ1) is 15.1. The summed E-state index contributed by atoms with van der Waals surface area (Å²) in [5, 5.41) is 2.90. The second-order valence-corrected chi connectivity index (χ2v) is 5.65. The second-order valence-electron chi connectivity index (χ2n) is 5.65. The van der Waals surface area contributed by atoms with Crippen molar-refractivity contribution in [3.05, 3.63) is 78.9 Å². The molecule has 1 N–H and O–H groups in total. The Labute approximate surface area is 144 Å². The number of hydrogen-bond donors (Lipinski definition) is 1. The smallest absolute Gasteiger partial charge is 0.226 e. The van der Waals surface area contributed by atoms with Crippen LogP contribution in [0.2, 0.25) is 0 Å². The maximum Gasteiger partial charge on any atom is 0.226 e. The van der Waals surface area contributed by atoms with Crippen LogP contribution in [0.3, 0.4) is 0 Å². The van der Waals surface area contributed by atoms with Gasteiger partial charge in [-0.2, -0.15) is 0 Å². The number of imidazole rings is 2. The van der Waals surface area contributed by atoms with Crippen molar-refractivity contribution in [2.24, 2.45) is 0 Å². The lowest BCUT2D eigenvalue weighted by Crippen LogP contribution is -2.24. The molecule has 0 atom stereocenters. The Hall–Kier alpha value is -3.48. The van der Waals surface area contributed by atoms with Gasteiger partial charge in [0.1, 0.15) is 17.8 Å². The SMILES string of the molecule is O=C(Cc1cn2ccccc2n1)NCc1ccc(-n2ccnc2)nc1. The Balaban J connectivity index is 1.35. The van der Waals surface area contributed by atoms with Crippen LogP contribution in [-0.4, -0.2) is 29.8 Å². The number of amides is 1. The van der Waals surface area contributed by atoms with E-state index in [0.29, 0.717) is 6.54 Å². The first-order valence-electron chi connectivity index (χ1n) is 7.90. The lowest BCUT2D eigenvalue weighted by Gasteiger charge is -2.05. The second kappa shape index (κ2) is 6.56. The molecule has 25 heavy (non-hydrogen) atoms. The number of fused-ring (bicyclic) bond motifs is 1. The molecule has 0 aliphatic heterocycles. The average molecular weight is 332 g/mol. The molecule has 124 valence electrons. The molecule has 0 saturated carbocycles. The maximum absolute atomic E-state index is 12.1. The van der Waals surface area contributed by atoms with Crippen LogP contribution in [0.25, 0.3) is 11.5 Å². The molecular weight excluding hydrogens is 316 g/mol. The fourth-order valence-electron chi connectivity index (χ4n) is 2.57. The standard InChI is InChI=1S/C18H16N6O/c25-18(9-15-12-23-7-2-1-3-17(23)22-15)21-11-14-4-5-16(20-10-14)24-8-6-19-13-24/h1-8,10,12-13H,9,11H2,(H,21,25). The van der Waals surface area contributed by atoms with Crippen molar-refractivity contribution < 1.29 is 4.79 Å². The number of pyridine rings is 2. The van der Waals surface area contributed by atoms with Crippen LogP contribution in [0.15, 0.2) is 67.6 Å². The predicted molar refractivity (Wildman–Crippen MR) is 92.1 cm³/mol. The number of carbonyl (C=O) groups excluding carboxylic acids is 1. The molecule has 0 saturated heterocycles. The lowest BCUT2D eigenvalue weighted by atomic mass is 10.2. The molecule has 4 aromatic heterocycles. The molecule has 0 aliphatic carbocycles. The van der Waals surface area contributed by atoms with Crippen LogP contribution in [-0.2, 0) is 17.8 Å². The van der Waals surface area contributed by atoms with E-state index in [4.69, 9.17) is 0 Å². The van der Waals surface area contributed by atoms with Gasteiger partial charge in [-0.3, -0.25) is 9.36 Å². The molecule has 4 aromatic rings. The van der Waals surface area contributed by atoms with Crippen LogP contribution >= 0.6 is 0 Å². The zero-order valence-corrected chi connectivity index (χ0v) is 13.4. The third-order valence-electron chi connectivity index (χ3n) is 3.82. The van der Waals surface area contributed by atoms with Crippen LogP contribution in [0.4, 0.5) is 0 Å². The van der Waals surface area contributed by atoms with Gasteiger partial charge in [-0.05, 0) is 23.8 Å². The van der Waals surface area contributed by atoms with Gasteiger partial charge in [-0.15, -0.1) is 0 Å². The fraction of sp³-hybridized carbons (Fsp3) is 0.111. The largest absolute Gasteiger partial charge is 0.352 e. The van der Waals surface area contributed by atoms with Crippen LogP contribution in [0, 0.1) is 0 Å². The van der Waals surface area contributed by atoms with Gasteiger partial charge >= 0.3 is 0 Å². The van der Waals surface area contributed by atoms with Gasteiger partial charge in [0.2, 0.25) is 5.91 Å². The highest BCUT2D eigenvalue weighted by Crippen LogP contribution is 2.07. The third-order valence-corrected chi connectivity index (χ3v) is 3.82. The van der Waals surface area contributed by atoms with E-state index in [1.807, 2.05) is 57.9 Å². The normalized spacial score (nSPS) is 10.9. The fourth-order valence-corrected chi connectivity index (χ4v) is 2.57. The van der Waals surface area contributed by atoms with Gasteiger partial charge in [0.15, 0.2) is 0 Å². The highest BCUT2D eigenvalue weighted by Gasteiger charge is 2.07. The van der Waals surface area contributed by atoms with Gasteiger partial charge < -0.3 is 9.72 Å². The third kappa shape index (κ3) is 3.40. The zero-order chi connectivity index (χ0) is 17.1. The highest BCUT2D eigenvalue weighted by atomic mass is 16.1. The Bertz CT molecular complexity index is 955.